The minimum atomic E-state index is -0.268. The van der Waals surface area contributed by atoms with E-state index in [0.717, 1.165) is 0 Å². The van der Waals surface area contributed by atoms with Crippen LogP contribution in [0.1, 0.15) is 13.8 Å². The number of nitrogens with zero attached hydrogens (tertiary/aromatic N) is 3. The Balaban J connectivity index is 2.45. The second kappa shape index (κ2) is 3.88. The molecule has 2 amide bonds. The molecule has 0 fully saturated rings. The van der Waals surface area contributed by atoms with Crippen molar-refractivity contribution in [2.75, 3.05) is 5.32 Å². The molecule has 0 saturated heterocycles. The summed E-state index contributed by atoms with van der Waals surface area (Å²) in [7, 11) is 1.73. The molecule has 72 valence electrons. The zero-order chi connectivity index (χ0) is 9.84. The van der Waals surface area contributed by atoms with Gasteiger partial charge in [-0.05, 0) is 13.8 Å². The summed E-state index contributed by atoms with van der Waals surface area (Å²) >= 11 is 0. The van der Waals surface area contributed by atoms with Crippen molar-refractivity contribution in [2.45, 2.75) is 19.9 Å². The van der Waals surface area contributed by atoms with Gasteiger partial charge in [-0.25, -0.2) is 4.79 Å². The quantitative estimate of drug-likeness (QED) is 0.694. The lowest BCUT2D eigenvalue weighted by atomic mass is 10.4. The van der Waals surface area contributed by atoms with Gasteiger partial charge in [0.2, 0.25) is 0 Å². The molecule has 2 N–H and O–H groups in total. The second-order valence-electron chi connectivity index (χ2n) is 3.03. The molecule has 0 aliphatic carbocycles. The standard InChI is InChI=1S/C7H13N5O/c1-5(2)8-7(13)9-6-4-12(3)11-10-6/h4-5H,1-3H3,(H2,8,9,13). The lowest BCUT2D eigenvalue weighted by molar-refractivity contribution is 0.250. The average Bonchev–Trinajstić information content (AvgIpc) is 2.33. The normalized spacial score (nSPS) is 10.2. The van der Waals surface area contributed by atoms with E-state index in [1.54, 1.807) is 13.2 Å². The third kappa shape index (κ3) is 3.10. The minimum absolute atomic E-state index is 0.108. The molecule has 0 unspecified atom stereocenters. The van der Waals surface area contributed by atoms with Crippen molar-refractivity contribution in [1.82, 2.24) is 20.3 Å². The van der Waals surface area contributed by atoms with E-state index in [-0.39, 0.29) is 12.1 Å². The SMILES string of the molecule is CC(C)NC(=O)Nc1cn(C)nn1. The first kappa shape index (κ1) is 9.50. The number of hydrogen-bond donors (Lipinski definition) is 2. The van der Waals surface area contributed by atoms with E-state index in [2.05, 4.69) is 20.9 Å². The molecule has 1 aromatic rings. The van der Waals surface area contributed by atoms with Crippen LogP contribution in [-0.4, -0.2) is 27.1 Å². The van der Waals surface area contributed by atoms with Crippen LogP contribution in [0, 0.1) is 0 Å². The molecule has 1 heterocycles. The first-order valence-electron chi connectivity index (χ1n) is 4.02. The Morgan fingerprint density at radius 3 is 2.77 bits per heavy atom. The van der Waals surface area contributed by atoms with Crippen molar-refractivity contribution in [3.05, 3.63) is 6.20 Å². The summed E-state index contributed by atoms with van der Waals surface area (Å²) in [5.41, 5.74) is 0. The molecule has 0 atom stereocenters. The number of hydrogen-bond acceptors (Lipinski definition) is 3. The van der Waals surface area contributed by atoms with Crippen LogP contribution < -0.4 is 10.6 Å². The number of carbonyl (C=O) groups excluding carboxylic acids is 1. The summed E-state index contributed by atoms with van der Waals surface area (Å²) in [5, 5.41) is 12.6. The molecule has 0 aliphatic heterocycles. The predicted molar refractivity (Wildman–Crippen MR) is 48.3 cm³/mol. The summed E-state index contributed by atoms with van der Waals surface area (Å²) in [6.45, 7) is 3.77. The number of aryl methyl sites for hydroxylation is 1. The molecule has 0 saturated carbocycles. The topological polar surface area (TPSA) is 71.8 Å². The van der Waals surface area contributed by atoms with Gasteiger partial charge in [-0.3, -0.25) is 10.00 Å². The van der Waals surface area contributed by atoms with Crippen molar-refractivity contribution < 1.29 is 4.79 Å². The molecular formula is C7H13N5O. The van der Waals surface area contributed by atoms with E-state index < -0.39 is 0 Å². The molecule has 0 spiro atoms. The van der Waals surface area contributed by atoms with Crippen LogP contribution in [0.2, 0.25) is 0 Å². The molecule has 0 aromatic carbocycles. The highest BCUT2D eigenvalue weighted by Crippen LogP contribution is 1.97. The van der Waals surface area contributed by atoms with Crippen LogP contribution in [0.3, 0.4) is 0 Å². The molecule has 1 aromatic heterocycles. The van der Waals surface area contributed by atoms with E-state index in [0.29, 0.717) is 5.82 Å². The van der Waals surface area contributed by atoms with Crippen LogP contribution in [-0.2, 0) is 7.05 Å². The molecule has 6 heteroatoms. The van der Waals surface area contributed by atoms with Gasteiger partial charge in [0.25, 0.3) is 0 Å². The lowest BCUT2D eigenvalue weighted by Gasteiger charge is -2.07. The van der Waals surface area contributed by atoms with Crippen molar-refractivity contribution in [3.63, 3.8) is 0 Å². The summed E-state index contributed by atoms with van der Waals surface area (Å²) < 4.78 is 1.52. The van der Waals surface area contributed by atoms with Crippen molar-refractivity contribution >= 4 is 11.8 Å². The molecule has 0 radical (unpaired) electrons. The van der Waals surface area contributed by atoms with Gasteiger partial charge >= 0.3 is 6.03 Å². The number of anilines is 1. The van der Waals surface area contributed by atoms with Crippen LogP contribution in [0.15, 0.2) is 6.20 Å². The number of urea groups is 1. The smallest absolute Gasteiger partial charge is 0.320 e. The van der Waals surface area contributed by atoms with Crippen LogP contribution in [0.25, 0.3) is 0 Å². The summed E-state index contributed by atoms with van der Waals surface area (Å²) in [5.74, 6) is 0.445. The van der Waals surface area contributed by atoms with Crippen LogP contribution >= 0.6 is 0 Å². The average molecular weight is 183 g/mol. The fourth-order valence-electron chi connectivity index (χ4n) is 0.819. The highest BCUT2D eigenvalue weighted by Gasteiger charge is 2.04. The molecule has 6 nitrogen and oxygen atoms in total. The van der Waals surface area contributed by atoms with Crippen molar-refractivity contribution in [3.8, 4) is 0 Å². The number of carbonyl (C=O) groups is 1. The van der Waals surface area contributed by atoms with Crippen LogP contribution in [0.5, 0.6) is 0 Å². The summed E-state index contributed by atoms with van der Waals surface area (Å²) in [6, 6.07) is -0.160. The Kier molecular flexibility index (Phi) is 2.84. The van der Waals surface area contributed by atoms with Gasteiger partial charge in [0.05, 0.1) is 6.20 Å². The fourth-order valence-corrected chi connectivity index (χ4v) is 0.819. The van der Waals surface area contributed by atoms with Gasteiger partial charge in [0.15, 0.2) is 5.82 Å². The Morgan fingerprint density at radius 1 is 1.62 bits per heavy atom. The number of aromatic nitrogens is 3. The highest BCUT2D eigenvalue weighted by molar-refractivity contribution is 5.88. The lowest BCUT2D eigenvalue weighted by Crippen LogP contribution is -2.34. The Hall–Kier alpha value is -1.59. The number of nitrogens with one attached hydrogen (secondary N) is 2. The largest absolute Gasteiger partial charge is 0.336 e. The van der Waals surface area contributed by atoms with Gasteiger partial charge < -0.3 is 5.32 Å². The zero-order valence-electron chi connectivity index (χ0n) is 7.90. The van der Waals surface area contributed by atoms with Crippen molar-refractivity contribution in [2.24, 2.45) is 7.05 Å². The van der Waals surface area contributed by atoms with Gasteiger partial charge in [-0.1, -0.05) is 5.21 Å². The zero-order valence-corrected chi connectivity index (χ0v) is 7.90. The summed E-state index contributed by atoms with van der Waals surface area (Å²) in [4.78, 5) is 11.1. The third-order valence-corrected chi connectivity index (χ3v) is 1.26. The van der Waals surface area contributed by atoms with E-state index in [9.17, 15) is 4.79 Å². The van der Waals surface area contributed by atoms with Crippen LogP contribution in [0.4, 0.5) is 10.6 Å². The number of rotatable bonds is 2. The van der Waals surface area contributed by atoms with E-state index in [4.69, 9.17) is 0 Å². The second-order valence-corrected chi connectivity index (χ2v) is 3.03. The molecule has 13 heavy (non-hydrogen) atoms. The maximum absolute atomic E-state index is 11.1. The predicted octanol–water partition coefficient (Wildman–Crippen LogP) is 0.345. The molecule has 0 bridgehead atoms. The molecular weight excluding hydrogens is 170 g/mol. The molecule has 1 rings (SSSR count). The Labute approximate surface area is 76.3 Å². The van der Waals surface area contributed by atoms with E-state index >= 15 is 0 Å². The summed E-state index contributed by atoms with van der Waals surface area (Å²) in [6.07, 6.45) is 1.62. The Bertz CT molecular complexity index is 293. The van der Waals surface area contributed by atoms with Gasteiger partial charge in [0.1, 0.15) is 0 Å². The highest BCUT2D eigenvalue weighted by atomic mass is 16.2. The van der Waals surface area contributed by atoms with Gasteiger partial charge in [-0.2, -0.15) is 0 Å². The minimum Gasteiger partial charge on any atom is -0.336 e. The third-order valence-electron chi connectivity index (χ3n) is 1.26. The van der Waals surface area contributed by atoms with Gasteiger partial charge in [0, 0.05) is 13.1 Å². The first-order chi connectivity index (χ1) is 6.08. The maximum atomic E-state index is 11.1. The van der Waals surface area contributed by atoms with E-state index in [1.165, 1.54) is 4.68 Å². The monoisotopic (exact) mass is 183 g/mol. The fraction of sp³-hybridized carbons (Fsp3) is 0.571. The van der Waals surface area contributed by atoms with E-state index in [1.807, 2.05) is 13.8 Å². The van der Waals surface area contributed by atoms with Crippen molar-refractivity contribution in [1.29, 1.82) is 0 Å². The van der Waals surface area contributed by atoms with Gasteiger partial charge in [-0.15, -0.1) is 5.10 Å². The first-order valence-corrected chi connectivity index (χ1v) is 4.02. The molecule has 0 aliphatic rings. The Morgan fingerprint density at radius 2 is 2.31 bits per heavy atom. The maximum Gasteiger partial charge on any atom is 0.320 e. The number of amides is 2.